The number of nitrogens with one attached hydrogen (secondary N) is 1. The molecule has 0 radical (unpaired) electrons. The Morgan fingerprint density at radius 1 is 1.04 bits per heavy atom. The minimum absolute atomic E-state index is 0.341. The molecule has 0 unspecified atom stereocenters. The van der Waals surface area contributed by atoms with E-state index in [4.69, 9.17) is 16.3 Å². The zero-order valence-electron chi connectivity index (χ0n) is 13.6. The molecule has 2 rings (SSSR count). The molecule has 0 amide bonds. The third-order valence-electron chi connectivity index (χ3n) is 3.19. The van der Waals surface area contributed by atoms with Gasteiger partial charge in [-0.25, -0.2) is 13.1 Å². The molecule has 26 heavy (non-hydrogen) atoms. The summed E-state index contributed by atoms with van der Waals surface area (Å²) in [6.45, 7) is -1.06. The van der Waals surface area contributed by atoms with E-state index in [0.29, 0.717) is 16.1 Å². The van der Waals surface area contributed by atoms with Gasteiger partial charge in [0, 0.05) is 16.0 Å². The lowest BCUT2D eigenvalue weighted by atomic mass is 10.1. The fraction of sp³-hybridized carbons (Fsp3) is 0.111. The topological polar surface area (TPSA) is 89.5 Å². The van der Waals surface area contributed by atoms with Gasteiger partial charge in [0.15, 0.2) is 12.4 Å². The van der Waals surface area contributed by atoms with Crippen LogP contribution >= 0.6 is 11.6 Å². The number of ether oxygens (including phenoxy) is 1. The van der Waals surface area contributed by atoms with Crippen LogP contribution in [-0.2, 0) is 19.6 Å². The number of esters is 1. The molecule has 0 atom stereocenters. The Morgan fingerprint density at radius 2 is 1.69 bits per heavy atom. The first-order valence-electron chi connectivity index (χ1n) is 7.53. The summed E-state index contributed by atoms with van der Waals surface area (Å²) in [5, 5.41) is 1.44. The first-order chi connectivity index (χ1) is 12.4. The Labute approximate surface area is 156 Å². The van der Waals surface area contributed by atoms with E-state index < -0.39 is 34.9 Å². The van der Waals surface area contributed by atoms with E-state index in [9.17, 15) is 18.0 Å². The standard InChI is InChI=1S/C18H16ClNO5S/c19-16-8-6-15(7-9-16)17(21)13-25-18(22)12-20-26(23,24)11-10-14-4-2-1-3-5-14/h1-11,20H,12-13H2/b11-10+. The predicted molar refractivity (Wildman–Crippen MR) is 99.1 cm³/mol. The summed E-state index contributed by atoms with van der Waals surface area (Å²) in [4.78, 5) is 23.5. The predicted octanol–water partition coefficient (Wildman–Crippen LogP) is 2.66. The molecular formula is C18H16ClNO5S. The maximum atomic E-state index is 11.9. The van der Waals surface area contributed by atoms with Crippen LogP contribution in [0.25, 0.3) is 6.08 Å². The van der Waals surface area contributed by atoms with Gasteiger partial charge in [0.1, 0.15) is 6.54 Å². The van der Waals surface area contributed by atoms with Crippen LogP contribution in [0, 0.1) is 0 Å². The van der Waals surface area contributed by atoms with Crippen LogP contribution < -0.4 is 4.72 Å². The summed E-state index contributed by atoms with van der Waals surface area (Å²) in [5.74, 6) is -1.27. The highest BCUT2D eigenvalue weighted by Gasteiger charge is 2.13. The van der Waals surface area contributed by atoms with Gasteiger partial charge in [-0.05, 0) is 35.9 Å². The Balaban J connectivity index is 1.79. The third kappa shape index (κ3) is 6.79. The van der Waals surface area contributed by atoms with Crippen molar-refractivity contribution in [1.82, 2.24) is 4.72 Å². The minimum atomic E-state index is -3.80. The van der Waals surface area contributed by atoms with Crippen molar-refractivity contribution in [3.8, 4) is 0 Å². The highest BCUT2D eigenvalue weighted by atomic mass is 35.5. The molecule has 0 heterocycles. The molecule has 0 aliphatic carbocycles. The molecule has 6 nitrogen and oxygen atoms in total. The smallest absolute Gasteiger partial charge is 0.321 e. The Hall–Kier alpha value is -2.48. The van der Waals surface area contributed by atoms with Gasteiger partial charge in [0.2, 0.25) is 10.0 Å². The number of carbonyl (C=O) groups is 2. The molecule has 2 aromatic carbocycles. The first-order valence-corrected chi connectivity index (χ1v) is 9.45. The van der Waals surface area contributed by atoms with Crippen LogP contribution in [0.4, 0.5) is 0 Å². The molecule has 0 saturated heterocycles. The van der Waals surface area contributed by atoms with E-state index in [1.165, 1.54) is 18.2 Å². The van der Waals surface area contributed by atoms with E-state index in [1.807, 2.05) is 6.07 Å². The maximum absolute atomic E-state index is 11.9. The molecule has 0 fully saturated rings. The molecule has 2 aromatic rings. The summed E-state index contributed by atoms with van der Waals surface area (Å²) in [6.07, 6.45) is 1.40. The summed E-state index contributed by atoms with van der Waals surface area (Å²) in [7, 11) is -3.80. The van der Waals surface area contributed by atoms with Gasteiger partial charge in [-0.3, -0.25) is 9.59 Å². The summed E-state index contributed by atoms with van der Waals surface area (Å²) in [5.41, 5.74) is 1.04. The van der Waals surface area contributed by atoms with Crippen LogP contribution in [0.3, 0.4) is 0 Å². The van der Waals surface area contributed by atoms with Gasteiger partial charge >= 0.3 is 5.97 Å². The van der Waals surface area contributed by atoms with Gasteiger partial charge < -0.3 is 4.74 Å². The number of sulfonamides is 1. The molecule has 0 spiro atoms. The Morgan fingerprint density at radius 3 is 2.35 bits per heavy atom. The van der Waals surface area contributed by atoms with Crippen LogP contribution in [0.5, 0.6) is 0 Å². The normalized spacial score (nSPS) is 11.4. The fourth-order valence-electron chi connectivity index (χ4n) is 1.86. The van der Waals surface area contributed by atoms with E-state index in [-0.39, 0.29) is 0 Å². The Kier molecular flexibility index (Phi) is 7.08. The molecule has 0 aromatic heterocycles. The van der Waals surface area contributed by atoms with E-state index >= 15 is 0 Å². The quantitative estimate of drug-likeness (QED) is 0.550. The van der Waals surface area contributed by atoms with Gasteiger partial charge in [0.25, 0.3) is 0 Å². The SMILES string of the molecule is O=C(CNS(=O)(=O)/C=C/c1ccccc1)OCC(=O)c1ccc(Cl)cc1. The number of ketones is 1. The summed E-state index contributed by atoms with van der Waals surface area (Å²) in [6, 6.07) is 14.9. The lowest BCUT2D eigenvalue weighted by molar-refractivity contribution is -0.141. The first kappa shape index (κ1) is 19.8. The number of halogens is 1. The molecule has 1 N–H and O–H groups in total. The highest BCUT2D eigenvalue weighted by molar-refractivity contribution is 7.92. The number of hydrogen-bond donors (Lipinski definition) is 1. The number of benzene rings is 2. The highest BCUT2D eigenvalue weighted by Crippen LogP contribution is 2.10. The number of rotatable bonds is 8. The van der Waals surface area contributed by atoms with Crippen LogP contribution in [0.1, 0.15) is 15.9 Å². The van der Waals surface area contributed by atoms with Crippen LogP contribution in [0.15, 0.2) is 60.0 Å². The van der Waals surface area contributed by atoms with Crippen molar-refractivity contribution in [2.75, 3.05) is 13.2 Å². The second-order valence-electron chi connectivity index (χ2n) is 5.17. The average molecular weight is 394 g/mol. The second kappa shape index (κ2) is 9.28. The summed E-state index contributed by atoms with van der Waals surface area (Å²) >= 11 is 5.73. The Bertz CT molecular complexity index is 893. The number of hydrogen-bond acceptors (Lipinski definition) is 5. The van der Waals surface area contributed by atoms with Crippen molar-refractivity contribution >= 4 is 39.5 Å². The molecule has 0 aliphatic heterocycles. The average Bonchev–Trinajstić information content (AvgIpc) is 2.64. The van der Waals surface area contributed by atoms with Crippen molar-refractivity contribution in [3.05, 3.63) is 76.2 Å². The maximum Gasteiger partial charge on any atom is 0.321 e. The van der Waals surface area contributed by atoms with Crippen molar-refractivity contribution in [2.45, 2.75) is 0 Å². The third-order valence-corrected chi connectivity index (χ3v) is 4.48. The molecule has 8 heteroatoms. The van der Waals surface area contributed by atoms with E-state index in [2.05, 4.69) is 4.72 Å². The van der Waals surface area contributed by atoms with Crippen LogP contribution in [-0.4, -0.2) is 33.3 Å². The van der Waals surface area contributed by atoms with Crippen molar-refractivity contribution in [2.24, 2.45) is 0 Å². The van der Waals surface area contributed by atoms with Gasteiger partial charge in [-0.2, -0.15) is 0 Å². The lowest BCUT2D eigenvalue weighted by Crippen LogP contribution is -2.30. The van der Waals surface area contributed by atoms with Crippen molar-refractivity contribution < 1.29 is 22.7 Å². The molecule has 0 aliphatic rings. The molecule has 136 valence electrons. The molecule has 0 saturated carbocycles. The van der Waals surface area contributed by atoms with Gasteiger partial charge in [-0.1, -0.05) is 41.9 Å². The monoisotopic (exact) mass is 393 g/mol. The van der Waals surface area contributed by atoms with Crippen molar-refractivity contribution in [1.29, 1.82) is 0 Å². The van der Waals surface area contributed by atoms with E-state index in [1.54, 1.807) is 36.4 Å². The number of Topliss-reactive ketones (excluding diaryl/α,β-unsaturated/α-hetero) is 1. The van der Waals surface area contributed by atoms with Crippen molar-refractivity contribution in [3.63, 3.8) is 0 Å². The number of carbonyl (C=O) groups excluding carboxylic acids is 2. The molecular weight excluding hydrogens is 378 g/mol. The molecule has 0 bridgehead atoms. The lowest BCUT2D eigenvalue weighted by Gasteiger charge is -2.05. The fourth-order valence-corrected chi connectivity index (χ4v) is 2.73. The van der Waals surface area contributed by atoms with Crippen LogP contribution in [0.2, 0.25) is 5.02 Å². The largest absolute Gasteiger partial charge is 0.456 e. The second-order valence-corrected chi connectivity index (χ2v) is 7.26. The van der Waals surface area contributed by atoms with Gasteiger partial charge in [-0.15, -0.1) is 0 Å². The zero-order valence-corrected chi connectivity index (χ0v) is 15.2. The summed E-state index contributed by atoms with van der Waals surface area (Å²) < 4.78 is 30.5. The zero-order chi connectivity index (χ0) is 19.0. The minimum Gasteiger partial charge on any atom is -0.456 e. The van der Waals surface area contributed by atoms with Gasteiger partial charge in [0.05, 0.1) is 0 Å². The van der Waals surface area contributed by atoms with E-state index in [0.717, 1.165) is 5.41 Å².